The summed E-state index contributed by atoms with van der Waals surface area (Å²) in [5, 5.41) is 5.49. The van der Waals surface area contributed by atoms with Gasteiger partial charge in [-0.25, -0.2) is 0 Å². The maximum Gasteiger partial charge on any atom is 0.0503 e. The number of hydrogen-bond donors (Lipinski definition) is 0. The summed E-state index contributed by atoms with van der Waals surface area (Å²) in [4.78, 5) is 0. The molecule has 3 aromatic carbocycles. The van der Waals surface area contributed by atoms with Gasteiger partial charge in [0.15, 0.2) is 0 Å². The summed E-state index contributed by atoms with van der Waals surface area (Å²) >= 11 is 1.94. The van der Waals surface area contributed by atoms with Gasteiger partial charge in [-0.1, -0.05) is 50.2 Å². The normalized spacial score (nSPS) is 12.3. The first-order valence-electron chi connectivity index (χ1n) is 8.47. The molecule has 5 rings (SSSR count). The Morgan fingerprint density at radius 2 is 1.58 bits per heavy atom. The van der Waals surface area contributed by atoms with Gasteiger partial charge in [-0.3, -0.25) is 0 Å². The Hall–Kier alpha value is -2.32. The predicted octanol–water partition coefficient (Wildman–Crippen LogP) is 6.82. The van der Waals surface area contributed by atoms with Crippen LogP contribution >= 0.6 is 11.3 Å². The van der Waals surface area contributed by atoms with E-state index in [1.807, 2.05) is 11.3 Å². The third-order valence-electron chi connectivity index (χ3n) is 5.18. The number of para-hydroxylation sites is 1. The first kappa shape index (κ1) is 14.1. The molecule has 0 aliphatic heterocycles. The highest BCUT2D eigenvalue weighted by molar-refractivity contribution is 7.26. The third kappa shape index (κ3) is 1.75. The fourth-order valence-corrected chi connectivity index (χ4v) is 5.31. The van der Waals surface area contributed by atoms with Crippen LogP contribution in [0.2, 0.25) is 0 Å². The van der Waals surface area contributed by atoms with Crippen LogP contribution in [0, 0.1) is 0 Å². The van der Waals surface area contributed by atoms with E-state index in [9.17, 15) is 0 Å². The molecule has 0 saturated carbocycles. The zero-order valence-corrected chi connectivity index (χ0v) is 14.9. The van der Waals surface area contributed by atoms with Crippen molar-refractivity contribution in [1.82, 2.24) is 4.57 Å². The lowest BCUT2D eigenvalue weighted by atomic mass is 10.0. The molecule has 0 radical (unpaired) electrons. The summed E-state index contributed by atoms with van der Waals surface area (Å²) < 4.78 is 5.15. The molecule has 24 heavy (non-hydrogen) atoms. The third-order valence-corrected chi connectivity index (χ3v) is 6.40. The van der Waals surface area contributed by atoms with E-state index >= 15 is 0 Å². The molecule has 0 fully saturated rings. The first-order chi connectivity index (χ1) is 11.6. The van der Waals surface area contributed by atoms with E-state index in [1.54, 1.807) is 0 Å². The molecule has 0 saturated heterocycles. The van der Waals surface area contributed by atoms with Gasteiger partial charge < -0.3 is 4.57 Å². The summed E-state index contributed by atoms with van der Waals surface area (Å²) in [5.74, 6) is 0.553. The van der Waals surface area contributed by atoms with E-state index in [0.717, 1.165) is 0 Å². The standard InChI is InChI=1S/C22H19NS/c1-13(2)14-8-6-9-16-18-11-17-15-7-4-5-10-19(15)23(3)20(17)12-21(18)24-22(14)16/h4-13H,1-3H3. The molecular weight excluding hydrogens is 310 g/mol. The van der Waals surface area contributed by atoms with Crippen molar-refractivity contribution in [2.24, 2.45) is 7.05 Å². The molecule has 0 unspecified atom stereocenters. The summed E-state index contributed by atoms with van der Waals surface area (Å²) in [6.45, 7) is 4.56. The molecule has 2 heteroatoms. The number of rotatable bonds is 1. The van der Waals surface area contributed by atoms with Crippen LogP contribution in [-0.4, -0.2) is 4.57 Å². The van der Waals surface area contributed by atoms with Gasteiger partial charge in [-0.05, 0) is 29.7 Å². The lowest BCUT2D eigenvalue weighted by Gasteiger charge is -2.05. The smallest absolute Gasteiger partial charge is 0.0503 e. The second-order valence-corrected chi connectivity index (χ2v) is 7.97. The fourth-order valence-electron chi connectivity index (χ4n) is 3.93. The van der Waals surface area contributed by atoms with Crippen molar-refractivity contribution < 1.29 is 0 Å². The minimum atomic E-state index is 0.553. The number of benzene rings is 3. The molecule has 0 aliphatic carbocycles. The Bertz CT molecular complexity index is 1240. The molecule has 0 bridgehead atoms. The summed E-state index contributed by atoms with van der Waals surface area (Å²) in [7, 11) is 2.17. The zero-order valence-electron chi connectivity index (χ0n) is 14.1. The van der Waals surface area contributed by atoms with Crippen molar-refractivity contribution >= 4 is 53.3 Å². The monoisotopic (exact) mass is 329 g/mol. The lowest BCUT2D eigenvalue weighted by Crippen LogP contribution is -1.85. The number of hydrogen-bond acceptors (Lipinski definition) is 1. The number of aromatic nitrogens is 1. The van der Waals surface area contributed by atoms with E-state index in [4.69, 9.17) is 0 Å². The number of aryl methyl sites for hydroxylation is 1. The van der Waals surface area contributed by atoms with E-state index in [2.05, 4.69) is 80.1 Å². The predicted molar refractivity (Wildman–Crippen MR) is 107 cm³/mol. The van der Waals surface area contributed by atoms with Gasteiger partial charge in [-0.15, -0.1) is 11.3 Å². The second kappa shape index (κ2) is 4.84. The van der Waals surface area contributed by atoms with Crippen LogP contribution in [0.5, 0.6) is 0 Å². The van der Waals surface area contributed by atoms with Gasteiger partial charge in [0.1, 0.15) is 0 Å². The molecular formula is C22H19NS. The molecule has 1 nitrogen and oxygen atoms in total. The van der Waals surface area contributed by atoms with Crippen molar-refractivity contribution in [3.8, 4) is 0 Å². The lowest BCUT2D eigenvalue weighted by molar-refractivity contribution is 0.878. The van der Waals surface area contributed by atoms with E-state index in [0.29, 0.717) is 5.92 Å². The van der Waals surface area contributed by atoms with Gasteiger partial charge in [-0.2, -0.15) is 0 Å². The maximum atomic E-state index is 2.40. The number of fused-ring (bicyclic) bond motifs is 6. The topological polar surface area (TPSA) is 4.93 Å². The molecule has 2 heterocycles. The highest BCUT2D eigenvalue weighted by atomic mass is 32.1. The van der Waals surface area contributed by atoms with E-state index in [-0.39, 0.29) is 0 Å². The summed E-state index contributed by atoms with van der Waals surface area (Å²) in [5.41, 5.74) is 4.08. The fraction of sp³-hybridized carbons (Fsp3) is 0.182. The minimum Gasteiger partial charge on any atom is -0.344 e. The van der Waals surface area contributed by atoms with Crippen LogP contribution in [-0.2, 0) is 7.05 Å². The Labute approximate surface area is 145 Å². The van der Waals surface area contributed by atoms with Gasteiger partial charge >= 0.3 is 0 Å². The Kier molecular flexibility index (Phi) is 2.84. The highest BCUT2D eigenvalue weighted by Crippen LogP contribution is 2.41. The SMILES string of the molecule is CC(C)c1cccc2c1sc1cc3c(cc12)c1ccccc1n3C. The van der Waals surface area contributed by atoms with Gasteiger partial charge in [0, 0.05) is 43.5 Å². The van der Waals surface area contributed by atoms with Gasteiger partial charge in [0.2, 0.25) is 0 Å². The molecule has 2 aromatic heterocycles. The van der Waals surface area contributed by atoms with Crippen molar-refractivity contribution in [1.29, 1.82) is 0 Å². The van der Waals surface area contributed by atoms with Gasteiger partial charge in [0.05, 0.1) is 5.52 Å². The number of nitrogens with zero attached hydrogens (tertiary/aromatic N) is 1. The molecule has 0 N–H and O–H groups in total. The van der Waals surface area contributed by atoms with E-state index in [1.165, 1.54) is 47.5 Å². The van der Waals surface area contributed by atoms with Gasteiger partial charge in [0.25, 0.3) is 0 Å². The maximum absolute atomic E-state index is 2.40. The van der Waals surface area contributed by atoms with Crippen molar-refractivity contribution in [2.75, 3.05) is 0 Å². The zero-order chi connectivity index (χ0) is 16.4. The second-order valence-electron chi connectivity index (χ2n) is 6.92. The largest absolute Gasteiger partial charge is 0.344 e. The molecule has 0 aliphatic rings. The van der Waals surface area contributed by atoms with Crippen LogP contribution in [0.15, 0.2) is 54.6 Å². The minimum absolute atomic E-state index is 0.553. The van der Waals surface area contributed by atoms with Crippen LogP contribution in [0.3, 0.4) is 0 Å². The highest BCUT2D eigenvalue weighted by Gasteiger charge is 2.14. The quantitative estimate of drug-likeness (QED) is 0.318. The molecule has 0 amide bonds. The molecule has 0 spiro atoms. The molecule has 5 aromatic rings. The van der Waals surface area contributed by atoms with Crippen molar-refractivity contribution in [3.05, 3.63) is 60.2 Å². The molecule has 0 atom stereocenters. The first-order valence-corrected chi connectivity index (χ1v) is 9.29. The van der Waals surface area contributed by atoms with Crippen LogP contribution < -0.4 is 0 Å². The van der Waals surface area contributed by atoms with Crippen LogP contribution in [0.25, 0.3) is 42.0 Å². The Balaban J connectivity index is 1.99. The average Bonchev–Trinajstić information content (AvgIpc) is 3.09. The van der Waals surface area contributed by atoms with Crippen molar-refractivity contribution in [2.45, 2.75) is 19.8 Å². The summed E-state index contributed by atoms with van der Waals surface area (Å²) in [6.07, 6.45) is 0. The summed E-state index contributed by atoms with van der Waals surface area (Å²) in [6, 6.07) is 20.2. The Morgan fingerprint density at radius 3 is 2.42 bits per heavy atom. The Morgan fingerprint density at radius 1 is 0.792 bits per heavy atom. The van der Waals surface area contributed by atoms with Crippen molar-refractivity contribution in [3.63, 3.8) is 0 Å². The number of thiophene rings is 1. The van der Waals surface area contributed by atoms with E-state index < -0.39 is 0 Å². The average molecular weight is 329 g/mol. The van der Waals surface area contributed by atoms with Crippen LogP contribution in [0.1, 0.15) is 25.3 Å². The molecule has 118 valence electrons. The van der Waals surface area contributed by atoms with Crippen LogP contribution in [0.4, 0.5) is 0 Å².